The molecule has 3 aromatic carbocycles. The highest BCUT2D eigenvalue weighted by Crippen LogP contribution is 2.34. The van der Waals surface area contributed by atoms with Crippen molar-refractivity contribution < 1.29 is 18.4 Å². The summed E-state index contributed by atoms with van der Waals surface area (Å²) in [7, 11) is 0. The third-order valence-corrected chi connectivity index (χ3v) is 8.87. The van der Waals surface area contributed by atoms with E-state index >= 15 is 4.39 Å². The summed E-state index contributed by atoms with van der Waals surface area (Å²) in [6.07, 6.45) is 5.64. The summed E-state index contributed by atoms with van der Waals surface area (Å²) in [6.45, 7) is 4.58. The third kappa shape index (κ3) is 7.43. The summed E-state index contributed by atoms with van der Waals surface area (Å²) in [5, 5.41) is 5.67. The number of hydrogen-bond donors (Lipinski definition) is 1. The maximum atomic E-state index is 15.2. The molecule has 1 aromatic heterocycles. The van der Waals surface area contributed by atoms with Crippen LogP contribution in [-0.2, 0) is 16.9 Å². The van der Waals surface area contributed by atoms with Crippen LogP contribution < -0.4 is 5.32 Å². The number of amides is 2. The van der Waals surface area contributed by atoms with Gasteiger partial charge in [-0.15, -0.1) is 11.3 Å². The van der Waals surface area contributed by atoms with Crippen LogP contribution in [0.4, 0.5) is 14.5 Å². The summed E-state index contributed by atoms with van der Waals surface area (Å²) in [5.41, 5.74) is 2.31. The van der Waals surface area contributed by atoms with Gasteiger partial charge in [0.05, 0.1) is 5.01 Å². The standard InChI is InChI=1S/C35H35F2N3O2S/c1-3-18-35(2,37)27-10-7-9-26(22-27)29-12-4-5-13-30(29)38-33(42)31-23-43-34(39-31)25-16-19-40(20-17-25)32(41)15-14-24-8-6-11-28(36)21-24/h3-13,18,21-23,25H,14-17,19-20H2,1-2H3,(H,38,42)/b18-3+. The largest absolute Gasteiger partial charge is 0.343 e. The lowest BCUT2D eigenvalue weighted by Crippen LogP contribution is -2.38. The van der Waals surface area contributed by atoms with Gasteiger partial charge in [-0.1, -0.05) is 54.6 Å². The van der Waals surface area contributed by atoms with Crippen molar-refractivity contribution in [1.29, 1.82) is 0 Å². The average molecular weight is 600 g/mol. The predicted molar refractivity (Wildman–Crippen MR) is 168 cm³/mol. The fraction of sp³-hybridized carbons (Fsp3) is 0.286. The molecule has 1 aliphatic heterocycles. The molecule has 2 amide bonds. The molecule has 43 heavy (non-hydrogen) atoms. The normalized spacial score (nSPS) is 15.4. The third-order valence-electron chi connectivity index (χ3n) is 7.86. The number of halogens is 2. The molecule has 1 unspecified atom stereocenters. The maximum Gasteiger partial charge on any atom is 0.275 e. The van der Waals surface area contributed by atoms with Crippen LogP contribution in [0.2, 0.25) is 0 Å². The van der Waals surface area contributed by atoms with Gasteiger partial charge in [-0.25, -0.2) is 13.8 Å². The Bertz CT molecular complexity index is 1620. The van der Waals surface area contributed by atoms with Gasteiger partial charge in [0.1, 0.15) is 11.5 Å². The molecular formula is C35H35F2N3O2S. The minimum atomic E-state index is -1.60. The van der Waals surface area contributed by atoms with Crippen LogP contribution in [0.3, 0.4) is 0 Å². The molecule has 4 aromatic rings. The van der Waals surface area contributed by atoms with Crippen LogP contribution >= 0.6 is 11.3 Å². The summed E-state index contributed by atoms with van der Waals surface area (Å²) >= 11 is 1.46. The molecule has 1 N–H and O–H groups in total. The van der Waals surface area contributed by atoms with Gasteiger partial charge < -0.3 is 10.2 Å². The van der Waals surface area contributed by atoms with Gasteiger partial charge in [0.15, 0.2) is 5.67 Å². The average Bonchev–Trinajstić information content (AvgIpc) is 3.51. The van der Waals surface area contributed by atoms with Crippen LogP contribution in [0.25, 0.3) is 11.1 Å². The van der Waals surface area contributed by atoms with Gasteiger partial charge >= 0.3 is 0 Å². The molecule has 1 aliphatic rings. The molecule has 2 heterocycles. The second kappa shape index (κ2) is 13.4. The zero-order valence-electron chi connectivity index (χ0n) is 24.4. The van der Waals surface area contributed by atoms with E-state index in [1.54, 1.807) is 30.5 Å². The van der Waals surface area contributed by atoms with Gasteiger partial charge in [-0.3, -0.25) is 9.59 Å². The number of benzene rings is 3. The highest BCUT2D eigenvalue weighted by molar-refractivity contribution is 7.10. The van der Waals surface area contributed by atoms with Crippen LogP contribution in [-0.4, -0.2) is 34.8 Å². The molecule has 1 atom stereocenters. The van der Waals surface area contributed by atoms with Crippen molar-refractivity contribution in [2.45, 2.75) is 51.1 Å². The van der Waals surface area contributed by atoms with Crippen molar-refractivity contribution in [2.75, 3.05) is 18.4 Å². The second-order valence-electron chi connectivity index (χ2n) is 11.0. The number of allylic oxidation sites excluding steroid dienone is 2. The Labute approximate surface area is 255 Å². The number of nitrogens with one attached hydrogen (secondary N) is 1. The molecule has 0 spiro atoms. The van der Waals surface area contributed by atoms with Crippen molar-refractivity contribution in [2.24, 2.45) is 0 Å². The van der Waals surface area contributed by atoms with Gasteiger partial charge in [0, 0.05) is 42.1 Å². The van der Waals surface area contributed by atoms with Gasteiger partial charge in [-0.05, 0) is 80.1 Å². The number of piperidine rings is 1. The molecule has 0 aliphatic carbocycles. The maximum absolute atomic E-state index is 15.2. The van der Waals surface area contributed by atoms with Crippen molar-refractivity contribution >= 4 is 28.8 Å². The monoisotopic (exact) mass is 599 g/mol. The Morgan fingerprint density at radius 3 is 2.60 bits per heavy atom. The van der Waals surface area contributed by atoms with Gasteiger partial charge in [-0.2, -0.15) is 0 Å². The molecule has 0 radical (unpaired) electrons. The number of aromatic nitrogens is 1. The first-order valence-electron chi connectivity index (χ1n) is 14.5. The molecule has 5 nitrogen and oxygen atoms in total. The van der Waals surface area contributed by atoms with Crippen molar-refractivity contribution in [1.82, 2.24) is 9.88 Å². The van der Waals surface area contributed by atoms with Crippen LogP contribution in [0.5, 0.6) is 0 Å². The Morgan fingerprint density at radius 1 is 1.07 bits per heavy atom. The number of carbonyl (C=O) groups is 2. The van der Waals surface area contributed by atoms with Crippen LogP contribution in [0.15, 0.2) is 90.3 Å². The molecule has 222 valence electrons. The Morgan fingerprint density at radius 2 is 1.84 bits per heavy atom. The van der Waals surface area contributed by atoms with E-state index in [4.69, 9.17) is 0 Å². The highest BCUT2D eigenvalue weighted by atomic mass is 32.1. The Hall–Kier alpha value is -4.17. The summed E-state index contributed by atoms with van der Waals surface area (Å²) < 4.78 is 28.6. The fourth-order valence-electron chi connectivity index (χ4n) is 5.49. The number of anilines is 1. The van der Waals surface area contributed by atoms with E-state index in [0.29, 0.717) is 42.9 Å². The van der Waals surface area contributed by atoms with Crippen molar-refractivity contribution in [3.05, 3.63) is 118 Å². The summed E-state index contributed by atoms with van der Waals surface area (Å²) in [5.74, 6) is -0.340. The predicted octanol–water partition coefficient (Wildman–Crippen LogP) is 8.30. The molecule has 0 bridgehead atoms. The zero-order chi connectivity index (χ0) is 30.4. The molecular weight excluding hydrogens is 564 g/mol. The topological polar surface area (TPSA) is 62.3 Å². The number of hydrogen-bond acceptors (Lipinski definition) is 4. The highest BCUT2D eigenvalue weighted by Gasteiger charge is 2.27. The number of likely N-dealkylation sites (tertiary alicyclic amines) is 1. The summed E-state index contributed by atoms with van der Waals surface area (Å²) in [6, 6.07) is 21.1. The number of rotatable bonds is 9. The number of alkyl halides is 1. The van der Waals surface area contributed by atoms with E-state index in [0.717, 1.165) is 34.5 Å². The molecule has 8 heteroatoms. The molecule has 0 saturated carbocycles. The first-order chi connectivity index (χ1) is 20.7. The number of aryl methyl sites for hydroxylation is 1. The molecule has 1 fully saturated rings. The zero-order valence-corrected chi connectivity index (χ0v) is 25.2. The summed E-state index contributed by atoms with van der Waals surface area (Å²) in [4.78, 5) is 32.5. The first kappa shape index (κ1) is 30.3. The fourth-order valence-corrected chi connectivity index (χ4v) is 6.46. The van der Waals surface area contributed by atoms with Gasteiger partial charge in [0.2, 0.25) is 5.91 Å². The first-order valence-corrected chi connectivity index (χ1v) is 15.4. The minimum absolute atomic E-state index is 0.0732. The molecule has 1 saturated heterocycles. The van der Waals surface area contributed by atoms with Crippen LogP contribution in [0, 0.1) is 5.82 Å². The Kier molecular flexibility index (Phi) is 9.46. The Balaban J connectivity index is 1.20. The smallest absolute Gasteiger partial charge is 0.275 e. The minimum Gasteiger partial charge on any atom is -0.343 e. The van der Waals surface area contributed by atoms with Crippen LogP contribution in [0.1, 0.15) is 65.7 Å². The van der Waals surface area contributed by atoms with Crippen molar-refractivity contribution in [3.8, 4) is 11.1 Å². The van der Waals surface area contributed by atoms with E-state index in [2.05, 4.69) is 10.3 Å². The number of nitrogens with zero attached hydrogens (tertiary/aromatic N) is 2. The number of para-hydroxylation sites is 1. The lowest BCUT2D eigenvalue weighted by Gasteiger charge is -2.31. The van der Waals surface area contributed by atoms with E-state index in [1.807, 2.05) is 53.4 Å². The number of thiazole rings is 1. The lowest BCUT2D eigenvalue weighted by atomic mass is 9.93. The van der Waals surface area contributed by atoms with E-state index in [9.17, 15) is 14.0 Å². The lowest BCUT2D eigenvalue weighted by molar-refractivity contribution is -0.132. The molecule has 5 rings (SSSR count). The SMILES string of the molecule is C/C=C/C(C)(F)c1cccc(-c2ccccc2NC(=O)c2csc(C3CCN(C(=O)CCc4cccc(F)c4)CC3)n2)c1. The van der Waals surface area contributed by atoms with E-state index in [-0.39, 0.29) is 23.5 Å². The second-order valence-corrected chi connectivity index (χ2v) is 11.9. The van der Waals surface area contributed by atoms with Gasteiger partial charge in [0.25, 0.3) is 5.91 Å². The number of carbonyl (C=O) groups excluding carboxylic acids is 2. The van der Waals surface area contributed by atoms with E-state index in [1.165, 1.54) is 36.5 Å². The quantitative estimate of drug-likeness (QED) is 0.197. The van der Waals surface area contributed by atoms with Crippen molar-refractivity contribution in [3.63, 3.8) is 0 Å². The van der Waals surface area contributed by atoms with E-state index < -0.39 is 5.67 Å².